The van der Waals surface area contributed by atoms with Crippen LogP contribution >= 0.6 is 0 Å². The van der Waals surface area contributed by atoms with Crippen LogP contribution in [-0.2, 0) is 9.59 Å². The molecule has 1 heterocycles. The number of benzene rings is 1. The van der Waals surface area contributed by atoms with Gasteiger partial charge in [0.15, 0.2) is 12.4 Å². The van der Waals surface area contributed by atoms with E-state index in [0.717, 1.165) is 12.8 Å². The standard InChI is InChI=1S/C19H24N2O4/c1-2-17(22)14-5-7-16(8-6-14)25-13-18(23)20-9-11-21(12-10-20)19(24)15-3-4-15/h5-8,15H,2-4,9-13H2,1H3. The molecule has 2 fully saturated rings. The third-order valence-corrected chi connectivity index (χ3v) is 4.73. The van der Waals surface area contributed by atoms with Gasteiger partial charge in [-0.05, 0) is 37.1 Å². The molecule has 3 rings (SSSR count). The van der Waals surface area contributed by atoms with Crippen LogP contribution in [0.2, 0.25) is 0 Å². The highest BCUT2D eigenvalue weighted by Gasteiger charge is 2.35. The number of nitrogens with zero attached hydrogens (tertiary/aromatic N) is 2. The average Bonchev–Trinajstić information content (AvgIpc) is 3.50. The molecule has 0 spiro atoms. The predicted octanol–water partition coefficient (Wildman–Crippen LogP) is 1.74. The van der Waals surface area contributed by atoms with Gasteiger partial charge in [-0.1, -0.05) is 6.92 Å². The minimum Gasteiger partial charge on any atom is -0.484 e. The molecular weight excluding hydrogens is 320 g/mol. The van der Waals surface area contributed by atoms with E-state index >= 15 is 0 Å². The van der Waals surface area contributed by atoms with Gasteiger partial charge in [-0.2, -0.15) is 0 Å². The number of carbonyl (C=O) groups excluding carboxylic acids is 3. The fourth-order valence-electron chi connectivity index (χ4n) is 2.94. The second-order valence-electron chi connectivity index (χ2n) is 6.57. The number of carbonyl (C=O) groups is 3. The van der Waals surface area contributed by atoms with Gasteiger partial charge in [0.2, 0.25) is 5.91 Å². The molecule has 134 valence electrons. The molecular formula is C19H24N2O4. The Morgan fingerprint density at radius 2 is 1.60 bits per heavy atom. The highest BCUT2D eigenvalue weighted by Crippen LogP contribution is 2.31. The van der Waals surface area contributed by atoms with Crippen molar-refractivity contribution in [3.05, 3.63) is 29.8 Å². The lowest BCUT2D eigenvalue weighted by Gasteiger charge is -2.34. The number of hydrogen-bond acceptors (Lipinski definition) is 4. The second kappa shape index (κ2) is 7.68. The van der Waals surface area contributed by atoms with E-state index in [0.29, 0.717) is 43.9 Å². The number of piperazine rings is 1. The molecule has 0 aromatic heterocycles. The van der Waals surface area contributed by atoms with Gasteiger partial charge in [0.05, 0.1) is 0 Å². The summed E-state index contributed by atoms with van der Waals surface area (Å²) in [5.74, 6) is 1.05. The maximum Gasteiger partial charge on any atom is 0.260 e. The monoisotopic (exact) mass is 344 g/mol. The van der Waals surface area contributed by atoms with Crippen molar-refractivity contribution in [3.8, 4) is 5.75 Å². The zero-order valence-electron chi connectivity index (χ0n) is 14.6. The van der Waals surface area contributed by atoms with E-state index in [2.05, 4.69) is 0 Å². The Kier molecular flexibility index (Phi) is 5.36. The largest absolute Gasteiger partial charge is 0.484 e. The number of ketones is 1. The van der Waals surface area contributed by atoms with E-state index in [1.54, 1.807) is 29.2 Å². The first-order chi connectivity index (χ1) is 12.1. The lowest BCUT2D eigenvalue weighted by atomic mass is 10.1. The van der Waals surface area contributed by atoms with E-state index in [4.69, 9.17) is 4.74 Å². The van der Waals surface area contributed by atoms with E-state index in [9.17, 15) is 14.4 Å². The summed E-state index contributed by atoms with van der Waals surface area (Å²) in [6, 6.07) is 6.85. The predicted molar refractivity (Wildman–Crippen MR) is 92.4 cm³/mol. The lowest BCUT2D eigenvalue weighted by Crippen LogP contribution is -2.52. The van der Waals surface area contributed by atoms with Crippen LogP contribution in [-0.4, -0.2) is 60.2 Å². The Morgan fingerprint density at radius 1 is 1.00 bits per heavy atom. The summed E-state index contributed by atoms with van der Waals surface area (Å²) >= 11 is 0. The van der Waals surface area contributed by atoms with Crippen molar-refractivity contribution in [1.29, 1.82) is 0 Å². The van der Waals surface area contributed by atoms with Gasteiger partial charge in [-0.25, -0.2) is 0 Å². The van der Waals surface area contributed by atoms with Crippen molar-refractivity contribution < 1.29 is 19.1 Å². The van der Waals surface area contributed by atoms with Crippen molar-refractivity contribution >= 4 is 17.6 Å². The number of Topliss-reactive ketones (excluding diaryl/α,β-unsaturated/α-hetero) is 1. The van der Waals surface area contributed by atoms with E-state index in [-0.39, 0.29) is 30.1 Å². The molecule has 1 aromatic rings. The Morgan fingerprint density at radius 3 is 2.16 bits per heavy atom. The molecule has 0 unspecified atom stereocenters. The molecule has 25 heavy (non-hydrogen) atoms. The highest BCUT2D eigenvalue weighted by atomic mass is 16.5. The normalized spacial score (nSPS) is 17.3. The van der Waals surface area contributed by atoms with Gasteiger partial charge in [-0.3, -0.25) is 14.4 Å². The number of amides is 2. The maximum absolute atomic E-state index is 12.3. The first kappa shape index (κ1) is 17.5. The number of ether oxygens (including phenoxy) is 1. The fourth-order valence-corrected chi connectivity index (χ4v) is 2.94. The molecule has 0 radical (unpaired) electrons. The van der Waals surface area contributed by atoms with Gasteiger partial charge in [-0.15, -0.1) is 0 Å². The summed E-state index contributed by atoms with van der Waals surface area (Å²) in [7, 11) is 0. The molecule has 0 N–H and O–H groups in total. The highest BCUT2D eigenvalue weighted by molar-refractivity contribution is 5.95. The van der Waals surface area contributed by atoms with E-state index in [1.165, 1.54) is 0 Å². The molecule has 6 heteroatoms. The smallest absolute Gasteiger partial charge is 0.260 e. The average molecular weight is 344 g/mol. The van der Waals surface area contributed by atoms with Crippen LogP contribution in [0.1, 0.15) is 36.5 Å². The summed E-state index contributed by atoms with van der Waals surface area (Å²) in [5, 5.41) is 0. The SMILES string of the molecule is CCC(=O)c1ccc(OCC(=O)N2CCN(C(=O)C3CC3)CC2)cc1. The molecule has 2 aliphatic rings. The molecule has 1 aliphatic carbocycles. The first-order valence-electron chi connectivity index (χ1n) is 8.91. The Bertz CT molecular complexity index is 644. The van der Waals surface area contributed by atoms with E-state index in [1.807, 2.05) is 11.8 Å². The number of rotatable bonds is 6. The second-order valence-corrected chi connectivity index (χ2v) is 6.57. The summed E-state index contributed by atoms with van der Waals surface area (Å²) in [4.78, 5) is 39.5. The van der Waals surface area contributed by atoms with Gasteiger partial charge in [0, 0.05) is 44.1 Å². The zero-order valence-corrected chi connectivity index (χ0v) is 14.6. The van der Waals surface area contributed by atoms with Crippen LogP contribution in [0, 0.1) is 5.92 Å². The molecule has 6 nitrogen and oxygen atoms in total. The van der Waals surface area contributed by atoms with Gasteiger partial charge < -0.3 is 14.5 Å². The summed E-state index contributed by atoms with van der Waals surface area (Å²) < 4.78 is 5.53. The quantitative estimate of drug-likeness (QED) is 0.737. The van der Waals surface area contributed by atoms with E-state index < -0.39 is 0 Å². The lowest BCUT2D eigenvalue weighted by molar-refractivity contribution is -0.141. The van der Waals surface area contributed by atoms with Crippen LogP contribution in [0.5, 0.6) is 5.75 Å². The molecule has 2 amide bonds. The molecule has 1 aromatic carbocycles. The van der Waals surface area contributed by atoms with Crippen molar-refractivity contribution in [2.75, 3.05) is 32.8 Å². The van der Waals surface area contributed by atoms with Crippen LogP contribution in [0.3, 0.4) is 0 Å². The molecule has 0 bridgehead atoms. The van der Waals surface area contributed by atoms with Crippen molar-refractivity contribution in [2.24, 2.45) is 5.92 Å². The summed E-state index contributed by atoms with van der Waals surface area (Å²) in [6.07, 6.45) is 2.48. The summed E-state index contributed by atoms with van der Waals surface area (Å²) in [6.45, 7) is 4.13. The third-order valence-electron chi connectivity index (χ3n) is 4.73. The first-order valence-corrected chi connectivity index (χ1v) is 8.91. The maximum atomic E-state index is 12.3. The molecule has 0 atom stereocenters. The number of hydrogen-bond donors (Lipinski definition) is 0. The topological polar surface area (TPSA) is 66.9 Å². The Labute approximate surface area is 147 Å². The minimum atomic E-state index is -0.0766. The summed E-state index contributed by atoms with van der Waals surface area (Å²) in [5.41, 5.74) is 0.651. The third kappa shape index (κ3) is 4.38. The van der Waals surface area contributed by atoms with Crippen LogP contribution < -0.4 is 4.74 Å². The minimum absolute atomic E-state index is 0.0301. The van der Waals surface area contributed by atoms with Crippen molar-refractivity contribution in [2.45, 2.75) is 26.2 Å². The van der Waals surface area contributed by atoms with Gasteiger partial charge in [0.25, 0.3) is 5.91 Å². The van der Waals surface area contributed by atoms with Crippen molar-refractivity contribution in [3.63, 3.8) is 0 Å². The zero-order chi connectivity index (χ0) is 17.8. The van der Waals surface area contributed by atoms with Gasteiger partial charge in [0.1, 0.15) is 5.75 Å². The fraction of sp³-hybridized carbons (Fsp3) is 0.526. The Balaban J connectivity index is 1.43. The van der Waals surface area contributed by atoms with Crippen LogP contribution in [0.4, 0.5) is 0 Å². The Hall–Kier alpha value is -2.37. The molecule has 1 saturated heterocycles. The molecule has 1 saturated carbocycles. The van der Waals surface area contributed by atoms with Gasteiger partial charge >= 0.3 is 0 Å². The van der Waals surface area contributed by atoms with Crippen LogP contribution in [0.15, 0.2) is 24.3 Å². The van der Waals surface area contributed by atoms with Crippen LogP contribution in [0.25, 0.3) is 0 Å². The molecule has 1 aliphatic heterocycles. The van der Waals surface area contributed by atoms with Crippen molar-refractivity contribution in [1.82, 2.24) is 9.80 Å².